The number of fused-ring (bicyclic) bond motifs is 2. The van der Waals surface area contributed by atoms with Gasteiger partial charge in [0, 0.05) is 35.7 Å². The third-order valence-electron chi connectivity index (χ3n) is 5.62. The van der Waals surface area contributed by atoms with Gasteiger partial charge in [-0.05, 0) is 42.2 Å². The fraction of sp³-hybridized carbons (Fsp3) is 0.250. The summed E-state index contributed by atoms with van der Waals surface area (Å²) in [6, 6.07) is 11.2. The molecular formula is C20H18N4O2. The van der Waals surface area contributed by atoms with E-state index in [1.807, 2.05) is 23.1 Å². The van der Waals surface area contributed by atoms with E-state index >= 15 is 0 Å². The van der Waals surface area contributed by atoms with Crippen LogP contribution in [0, 0.1) is 11.8 Å². The van der Waals surface area contributed by atoms with Crippen LogP contribution in [0.2, 0.25) is 0 Å². The molecule has 3 aromatic rings. The monoisotopic (exact) mass is 346 g/mol. The molecule has 2 N–H and O–H groups in total. The number of H-pyrrole nitrogens is 1. The molecule has 130 valence electrons. The first-order chi connectivity index (χ1) is 12.7. The molecule has 2 fully saturated rings. The van der Waals surface area contributed by atoms with Crippen molar-refractivity contribution in [3.05, 3.63) is 54.7 Å². The van der Waals surface area contributed by atoms with Crippen LogP contribution in [0.5, 0.6) is 5.75 Å². The van der Waals surface area contributed by atoms with Crippen molar-refractivity contribution in [1.29, 1.82) is 0 Å². The summed E-state index contributed by atoms with van der Waals surface area (Å²) in [5.74, 6) is 1.69. The standard InChI is InChI=1S/C20H18N4O2/c1-2-18(26)24-9-13-14(10-24)19(13)16-8-11-7-15(22-23-20(11)21-16)12-5-3-4-6-17(12)25/h2-8,13-14,19,25H,1,9-10H2,(H,21,23)/t13-,14+,19?. The summed E-state index contributed by atoms with van der Waals surface area (Å²) in [6.07, 6.45) is 1.39. The minimum atomic E-state index is 0.0192. The summed E-state index contributed by atoms with van der Waals surface area (Å²) in [7, 11) is 0. The van der Waals surface area contributed by atoms with Crippen LogP contribution in [0.15, 0.2) is 49.1 Å². The fourth-order valence-electron chi connectivity index (χ4n) is 4.25. The number of carbonyl (C=O) groups excluding carboxylic acids is 1. The Kier molecular flexibility index (Phi) is 3.16. The summed E-state index contributed by atoms with van der Waals surface area (Å²) in [4.78, 5) is 17.0. The number of phenols is 1. The number of rotatable bonds is 3. The highest BCUT2D eigenvalue weighted by Gasteiger charge is 2.57. The van der Waals surface area contributed by atoms with Gasteiger partial charge in [-0.1, -0.05) is 18.7 Å². The fourth-order valence-corrected chi connectivity index (χ4v) is 4.25. The summed E-state index contributed by atoms with van der Waals surface area (Å²) in [5, 5.41) is 19.5. The lowest BCUT2D eigenvalue weighted by atomic mass is 10.1. The molecule has 1 saturated carbocycles. The molecule has 1 unspecified atom stereocenters. The Bertz CT molecular complexity index is 1030. The lowest BCUT2D eigenvalue weighted by molar-refractivity contribution is -0.125. The Morgan fingerprint density at radius 1 is 1.23 bits per heavy atom. The number of amides is 1. The van der Waals surface area contributed by atoms with Gasteiger partial charge < -0.3 is 15.0 Å². The number of para-hydroxylation sites is 1. The minimum Gasteiger partial charge on any atom is -0.507 e. The van der Waals surface area contributed by atoms with Gasteiger partial charge in [-0.25, -0.2) is 0 Å². The molecule has 0 spiro atoms. The van der Waals surface area contributed by atoms with Gasteiger partial charge in [0.1, 0.15) is 5.75 Å². The second-order valence-electron chi connectivity index (χ2n) is 7.08. The topological polar surface area (TPSA) is 82.1 Å². The molecule has 3 heterocycles. The highest BCUT2D eigenvalue weighted by Crippen LogP contribution is 2.58. The van der Waals surface area contributed by atoms with Crippen LogP contribution in [0.25, 0.3) is 22.3 Å². The second kappa shape index (κ2) is 5.42. The maximum absolute atomic E-state index is 11.7. The van der Waals surface area contributed by atoms with Crippen molar-refractivity contribution in [2.75, 3.05) is 13.1 Å². The Balaban J connectivity index is 1.41. The molecule has 0 bridgehead atoms. The van der Waals surface area contributed by atoms with Gasteiger partial charge in [0.2, 0.25) is 5.91 Å². The SMILES string of the molecule is C=CC(=O)N1C[C@@H]2C(c3cc4cc(-c5ccccc5O)nnc4[nH]3)[C@@H]2C1. The number of phenolic OH excluding ortho intramolecular Hbond substituents is 1. The molecule has 26 heavy (non-hydrogen) atoms. The number of carbonyl (C=O) groups is 1. The first-order valence-electron chi connectivity index (χ1n) is 8.72. The Labute approximate surface area is 150 Å². The molecule has 3 atom stereocenters. The Morgan fingerprint density at radius 2 is 2.00 bits per heavy atom. The predicted octanol–water partition coefficient (Wildman–Crippen LogP) is 2.69. The lowest BCUT2D eigenvalue weighted by Crippen LogP contribution is -2.29. The summed E-state index contributed by atoms with van der Waals surface area (Å²) < 4.78 is 0. The van der Waals surface area contributed by atoms with E-state index in [4.69, 9.17) is 0 Å². The number of aromatic nitrogens is 3. The van der Waals surface area contributed by atoms with E-state index in [9.17, 15) is 9.90 Å². The number of aromatic amines is 1. The number of hydrogen-bond donors (Lipinski definition) is 2. The lowest BCUT2D eigenvalue weighted by Gasteiger charge is -2.17. The number of benzene rings is 1. The van der Waals surface area contributed by atoms with Crippen LogP contribution in [0.1, 0.15) is 11.6 Å². The molecule has 1 saturated heterocycles. The van der Waals surface area contributed by atoms with Crippen LogP contribution in [0.3, 0.4) is 0 Å². The summed E-state index contributed by atoms with van der Waals surface area (Å²) in [6.45, 7) is 5.15. The van der Waals surface area contributed by atoms with Gasteiger partial charge in [0.15, 0.2) is 5.65 Å². The molecule has 1 aliphatic carbocycles. The Hall–Kier alpha value is -3.15. The zero-order valence-corrected chi connectivity index (χ0v) is 14.1. The van der Waals surface area contributed by atoms with Crippen LogP contribution >= 0.6 is 0 Å². The molecule has 1 aromatic carbocycles. The molecule has 0 radical (unpaired) electrons. The first kappa shape index (κ1) is 15.1. The average molecular weight is 346 g/mol. The highest BCUT2D eigenvalue weighted by atomic mass is 16.3. The number of hydrogen-bond acceptors (Lipinski definition) is 4. The van der Waals surface area contributed by atoms with Crippen LogP contribution in [0.4, 0.5) is 0 Å². The third kappa shape index (κ3) is 2.22. The van der Waals surface area contributed by atoms with E-state index in [0.717, 1.165) is 29.8 Å². The van der Waals surface area contributed by atoms with Crippen molar-refractivity contribution >= 4 is 16.9 Å². The predicted molar refractivity (Wildman–Crippen MR) is 97.5 cm³/mol. The smallest absolute Gasteiger partial charge is 0.245 e. The molecule has 6 heteroatoms. The number of nitrogens with one attached hydrogen (secondary N) is 1. The van der Waals surface area contributed by atoms with Crippen molar-refractivity contribution in [2.24, 2.45) is 11.8 Å². The molecule has 6 nitrogen and oxygen atoms in total. The quantitative estimate of drug-likeness (QED) is 0.715. The highest BCUT2D eigenvalue weighted by molar-refractivity contribution is 5.87. The van der Waals surface area contributed by atoms with Crippen LogP contribution in [-0.4, -0.2) is 44.2 Å². The number of nitrogens with zero attached hydrogens (tertiary/aromatic N) is 3. The maximum atomic E-state index is 11.7. The van der Waals surface area contributed by atoms with Crippen molar-refractivity contribution in [2.45, 2.75) is 5.92 Å². The number of likely N-dealkylation sites (tertiary alicyclic amines) is 1. The number of piperidine rings is 1. The molecule has 2 aliphatic rings. The maximum Gasteiger partial charge on any atom is 0.245 e. The number of aromatic hydroxyl groups is 1. The summed E-state index contributed by atoms with van der Waals surface area (Å²) >= 11 is 0. The molecule has 1 aliphatic heterocycles. The van der Waals surface area contributed by atoms with E-state index in [1.54, 1.807) is 12.1 Å². The van der Waals surface area contributed by atoms with Crippen molar-refractivity contribution in [3.63, 3.8) is 0 Å². The van der Waals surface area contributed by atoms with E-state index in [0.29, 0.717) is 29.0 Å². The van der Waals surface area contributed by atoms with Gasteiger partial charge in [-0.15, -0.1) is 10.2 Å². The molecule has 5 rings (SSSR count). The zero-order chi connectivity index (χ0) is 17.8. The Morgan fingerprint density at radius 3 is 2.73 bits per heavy atom. The van der Waals surface area contributed by atoms with Crippen LogP contribution < -0.4 is 0 Å². The van der Waals surface area contributed by atoms with E-state index in [2.05, 4.69) is 27.8 Å². The summed E-state index contributed by atoms with van der Waals surface area (Å²) in [5.41, 5.74) is 3.24. The van der Waals surface area contributed by atoms with Gasteiger partial charge in [0.05, 0.1) is 5.69 Å². The van der Waals surface area contributed by atoms with Crippen molar-refractivity contribution in [3.8, 4) is 17.0 Å². The van der Waals surface area contributed by atoms with Gasteiger partial charge in [-0.2, -0.15) is 0 Å². The molecule has 2 aromatic heterocycles. The average Bonchev–Trinajstić information content (AvgIpc) is 3.00. The van der Waals surface area contributed by atoms with Gasteiger partial charge in [-0.3, -0.25) is 4.79 Å². The largest absolute Gasteiger partial charge is 0.507 e. The van der Waals surface area contributed by atoms with Gasteiger partial charge >= 0.3 is 0 Å². The van der Waals surface area contributed by atoms with Crippen molar-refractivity contribution < 1.29 is 9.90 Å². The van der Waals surface area contributed by atoms with E-state index in [-0.39, 0.29) is 11.7 Å². The molecule has 1 amide bonds. The van der Waals surface area contributed by atoms with Gasteiger partial charge in [0.25, 0.3) is 0 Å². The van der Waals surface area contributed by atoms with Crippen LogP contribution in [-0.2, 0) is 4.79 Å². The van der Waals surface area contributed by atoms with E-state index in [1.165, 1.54) is 6.08 Å². The first-order valence-corrected chi connectivity index (χ1v) is 8.72. The minimum absolute atomic E-state index is 0.0192. The zero-order valence-electron chi connectivity index (χ0n) is 14.1. The van der Waals surface area contributed by atoms with Crippen molar-refractivity contribution in [1.82, 2.24) is 20.1 Å². The normalized spacial score (nSPS) is 23.8. The molecular weight excluding hydrogens is 328 g/mol. The third-order valence-corrected chi connectivity index (χ3v) is 5.62. The second-order valence-corrected chi connectivity index (χ2v) is 7.08. The van der Waals surface area contributed by atoms with E-state index < -0.39 is 0 Å².